The largest absolute Gasteiger partial charge is 0.497 e. The normalized spacial score (nSPS) is 10.8. The van der Waals surface area contributed by atoms with E-state index in [-0.39, 0.29) is 17.4 Å². The minimum Gasteiger partial charge on any atom is -0.497 e. The first-order chi connectivity index (χ1) is 18.3. The molecular weight excluding hydrogens is 514 g/mol. The van der Waals surface area contributed by atoms with Gasteiger partial charge in [-0.3, -0.25) is 18.7 Å². The number of carbonyl (C=O) groups excluding carboxylic acids is 1. The van der Waals surface area contributed by atoms with Gasteiger partial charge in [0, 0.05) is 35.0 Å². The van der Waals surface area contributed by atoms with Gasteiger partial charge in [0.1, 0.15) is 18.0 Å². The minimum absolute atomic E-state index is 0.0870. The number of rotatable bonds is 9. The van der Waals surface area contributed by atoms with Crippen LogP contribution in [0.25, 0.3) is 10.9 Å². The van der Waals surface area contributed by atoms with Crippen molar-refractivity contribution in [3.05, 3.63) is 86.0 Å². The van der Waals surface area contributed by atoms with Gasteiger partial charge in [0.15, 0.2) is 11.5 Å². The molecule has 0 spiro atoms. The summed E-state index contributed by atoms with van der Waals surface area (Å²) in [6.45, 7) is -0.483. The number of amides is 1. The van der Waals surface area contributed by atoms with E-state index in [1.165, 1.54) is 45.1 Å². The first-order valence-corrected chi connectivity index (χ1v) is 11.8. The summed E-state index contributed by atoms with van der Waals surface area (Å²) in [6.07, 6.45) is 0. The van der Waals surface area contributed by atoms with Crippen LogP contribution >= 0.6 is 11.6 Å². The summed E-state index contributed by atoms with van der Waals surface area (Å²) >= 11 is 6.30. The Balaban J connectivity index is 1.84. The number of methoxy groups -OCH3 is 4. The van der Waals surface area contributed by atoms with Crippen LogP contribution in [0.3, 0.4) is 0 Å². The van der Waals surface area contributed by atoms with Crippen molar-refractivity contribution in [3.63, 3.8) is 0 Å². The highest BCUT2D eigenvalue weighted by molar-refractivity contribution is 6.31. The van der Waals surface area contributed by atoms with Crippen LogP contribution in [0.1, 0.15) is 5.56 Å². The predicted molar refractivity (Wildman–Crippen MR) is 144 cm³/mol. The Labute approximate surface area is 222 Å². The number of hydrogen-bond acceptors (Lipinski definition) is 7. The third-order valence-corrected chi connectivity index (χ3v) is 6.32. The van der Waals surface area contributed by atoms with Crippen molar-refractivity contribution < 1.29 is 23.7 Å². The van der Waals surface area contributed by atoms with Gasteiger partial charge in [-0.25, -0.2) is 4.79 Å². The summed E-state index contributed by atoms with van der Waals surface area (Å²) in [4.78, 5) is 40.3. The number of aromatic nitrogens is 2. The molecule has 0 radical (unpaired) electrons. The molecule has 1 heterocycles. The third-order valence-electron chi connectivity index (χ3n) is 5.95. The number of fused-ring (bicyclic) bond motifs is 1. The summed E-state index contributed by atoms with van der Waals surface area (Å²) in [7, 11) is 5.87. The van der Waals surface area contributed by atoms with Gasteiger partial charge >= 0.3 is 5.69 Å². The van der Waals surface area contributed by atoms with Gasteiger partial charge in [0.05, 0.1) is 45.9 Å². The van der Waals surface area contributed by atoms with Crippen LogP contribution in [-0.4, -0.2) is 43.5 Å². The number of carbonyl (C=O) groups is 1. The summed E-state index contributed by atoms with van der Waals surface area (Å²) in [5, 5.41) is 3.33. The molecule has 0 saturated carbocycles. The van der Waals surface area contributed by atoms with Crippen molar-refractivity contribution in [3.8, 4) is 23.0 Å². The summed E-state index contributed by atoms with van der Waals surface area (Å²) in [6, 6.07) is 14.8. The van der Waals surface area contributed by atoms with Gasteiger partial charge in [-0.15, -0.1) is 0 Å². The lowest BCUT2D eigenvalue weighted by Gasteiger charge is -2.17. The molecule has 0 saturated heterocycles. The van der Waals surface area contributed by atoms with E-state index in [1.807, 2.05) is 0 Å². The summed E-state index contributed by atoms with van der Waals surface area (Å²) in [5.74, 6) is 1.05. The average molecular weight is 540 g/mol. The molecule has 0 aliphatic carbocycles. The van der Waals surface area contributed by atoms with Crippen LogP contribution < -0.4 is 35.5 Å². The molecular formula is C27H26ClN3O7. The average Bonchev–Trinajstić information content (AvgIpc) is 2.93. The zero-order chi connectivity index (χ0) is 27.4. The Morgan fingerprint density at radius 2 is 1.47 bits per heavy atom. The van der Waals surface area contributed by atoms with Crippen molar-refractivity contribution in [2.45, 2.75) is 13.1 Å². The van der Waals surface area contributed by atoms with E-state index in [0.717, 1.165) is 4.57 Å². The number of nitrogens with one attached hydrogen (secondary N) is 1. The van der Waals surface area contributed by atoms with Crippen LogP contribution in [0.5, 0.6) is 23.0 Å². The maximum atomic E-state index is 13.7. The van der Waals surface area contributed by atoms with Crippen molar-refractivity contribution in [2.75, 3.05) is 33.8 Å². The molecule has 38 heavy (non-hydrogen) atoms. The quantitative estimate of drug-likeness (QED) is 0.346. The highest BCUT2D eigenvalue weighted by atomic mass is 35.5. The predicted octanol–water partition coefficient (Wildman–Crippen LogP) is 3.54. The molecule has 10 nitrogen and oxygen atoms in total. The highest BCUT2D eigenvalue weighted by Gasteiger charge is 2.20. The number of anilines is 1. The van der Waals surface area contributed by atoms with Crippen LogP contribution in [0.4, 0.5) is 5.69 Å². The van der Waals surface area contributed by atoms with Crippen LogP contribution in [0.2, 0.25) is 5.02 Å². The Bertz CT molecular complexity index is 1610. The Morgan fingerprint density at radius 3 is 2.08 bits per heavy atom. The topological polar surface area (TPSA) is 110 Å². The van der Waals surface area contributed by atoms with E-state index < -0.39 is 23.7 Å². The molecule has 0 bridgehead atoms. The molecule has 0 unspecified atom stereocenters. The molecule has 198 valence electrons. The monoisotopic (exact) mass is 539 g/mol. The maximum Gasteiger partial charge on any atom is 0.332 e. The van der Waals surface area contributed by atoms with Crippen LogP contribution in [0, 0.1) is 0 Å². The van der Waals surface area contributed by atoms with Crippen LogP contribution in [0.15, 0.2) is 64.2 Å². The fourth-order valence-corrected chi connectivity index (χ4v) is 4.25. The first-order valence-electron chi connectivity index (χ1n) is 11.4. The van der Waals surface area contributed by atoms with Crippen molar-refractivity contribution in [2.24, 2.45) is 0 Å². The van der Waals surface area contributed by atoms with Gasteiger partial charge in [0.2, 0.25) is 5.91 Å². The third kappa shape index (κ3) is 5.30. The van der Waals surface area contributed by atoms with E-state index >= 15 is 0 Å². The first kappa shape index (κ1) is 26.6. The van der Waals surface area contributed by atoms with Gasteiger partial charge < -0.3 is 24.3 Å². The molecule has 1 amide bonds. The second-order valence-corrected chi connectivity index (χ2v) is 8.63. The Morgan fingerprint density at radius 1 is 0.842 bits per heavy atom. The van der Waals surface area contributed by atoms with E-state index in [2.05, 4.69) is 5.32 Å². The number of ether oxygens (including phenoxy) is 4. The lowest BCUT2D eigenvalue weighted by Crippen LogP contribution is -2.42. The summed E-state index contributed by atoms with van der Waals surface area (Å²) < 4.78 is 23.5. The van der Waals surface area contributed by atoms with E-state index in [9.17, 15) is 14.4 Å². The lowest BCUT2D eigenvalue weighted by molar-refractivity contribution is -0.116. The van der Waals surface area contributed by atoms with Crippen molar-refractivity contribution in [1.82, 2.24) is 9.13 Å². The smallest absolute Gasteiger partial charge is 0.332 e. The molecule has 1 N–H and O–H groups in total. The highest BCUT2D eigenvalue weighted by Crippen LogP contribution is 2.31. The van der Waals surface area contributed by atoms with Crippen molar-refractivity contribution in [1.29, 1.82) is 0 Å². The summed E-state index contributed by atoms with van der Waals surface area (Å²) in [5.41, 5.74) is -0.0422. The Hall–Kier alpha value is -4.44. The molecule has 0 fully saturated rings. The Kier molecular flexibility index (Phi) is 7.92. The molecule has 11 heteroatoms. The van der Waals surface area contributed by atoms with Gasteiger partial charge in [-0.1, -0.05) is 29.8 Å². The van der Waals surface area contributed by atoms with Crippen molar-refractivity contribution >= 4 is 34.1 Å². The molecule has 3 aromatic carbocycles. The van der Waals surface area contributed by atoms with E-state index in [0.29, 0.717) is 39.3 Å². The number of benzene rings is 3. The molecule has 4 rings (SSSR count). The van der Waals surface area contributed by atoms with Crippen LogP contribution in [-0.2, 0) is 17.9 Å². The zero-order valence-corrected chi connectivity index (χ0v) is 22.0. The molecule has 4 aromatic rings. The van der Waals surface area contributed by atoms with E-state index in [4.69, 9.17) is 30.5 Å². The van der Waals surface area contributed by atoms with E-state index in [1.54, 1.807) is 42.5 Å². The number of halogens is 1. The van der Waals surface area contributed by atoms with Gasteiger partial charge in [-0.05, 0) is 17.7 Å². The second kappa shape index (κ2) is 11.3. The SMILES string of the molecule is COc1cc(NC(=O)Cn2c(=O)n(Cc3ccccc3Cl)c(=O)c3cc(OC)c(OC)cc32)cc(OC)c1. The number of hydrogen-bond donors (Lipinski definition) is 1. The molecule has 1 aromatic heterocycles. The molecule has 0 aliphatic heterocycles. The van der Waals surface area contributed by atoms with Gasteiger partial charge in [-0.2, -0.15) is 0 Å². The zero-order valence-electron chi connectivity index (χ0n) is 21.2. The standard InChI is InChI=1S/C27H26ClN3O7/c1-35-18-9-17(10-19(11-18)36-2)29-25(32)15-30-22-13-24(38-4)23(37-3)12-20(22)26(33)31(27(30)34)14-16-7-5-6-8-21(16)28/h5-13H,14-15H2,1-4H3,(H,29,32). The maximum absolute atomic E-state index is 13.7. The fraction of sp³-hybridized carbons (Fsp3) is 0.222. The molecule has 0 aliphatic rings. The number of nitrogens with zero attached hydrogens (tertiary/aromatic N) is 2. The second-order valence-electron chi connectivity index (χ2n) is 8.23. The molecule has 0 atom stereocenters. The minimum atomic E-state index is -0.687. The fourth-order valence-electron chi connectivity index (χ4n) is 4.06. The lowest BCUT2D eigenvalue weighted by atomic mass is 10.2. The van der Waals surface area contributed by atoms with Gasteiger partial charge in [0.25, 0.3) is 5.56 Å².